The molecule has 0 radical (unpaired) electrons. The van der Waals surface area contributed by atoms with Crippen molar-refractivity contribution in [1.29, 1.82) is 0 Å². The largest absolute Gasteiger partial charge is 0.483 e. The molecule has 20 heavy (non-hydrogen) atoms. The smallest absolute Gasteiger partial charge is 0.157 e. The van der Waals surface area contributed by atoms with E-state index in [1.165, 1.54) is 6.33 Å². The molecular formula is C12H18N6O2. The first kappa shape index (κ1) is 13.1. The van der Waals surface area contributed by atoms with Crippen molar-refractivity contribution < 1.29 is 9.84 Å². The first-order chi connectivity index (χ1) is 9.70. The first-order valence-corrected chi connectivity index (χ1v) is 6.59. The Kier molecular flexibility index (Phi) is 3.66. The Morgan fingerprint density at radius 3 is 2.95 bits per heavy atom. The number of likely N-dealkylation sites (tertiary alicyclic amines) is 1. The van der Waals surface area contributed by atoms with E-state index in [0.29, 0.717) is 18.8 Å². The third-order valence-electron chi connectivity index (χ3n) is 3.39. The van der Waals surface area contributed by atoms with Crippen molar-refractivity contribution >= 4 is 0 Å². The van der Waals surface area contributed by atoms with Gasteiger partial charge in [-0.15, -0.1) is 0 Å². The molecule has 0 amide bonds. The maximum absolute atomic E-state index is 10.1. The normalized spacial score (nSPS) is 23.3. The number of hydrogen-bond donors (Lipinski definition) is 1. The number of β-amino-alcohol motifs (C(OH)–C–C–N with tert-alkyl or cyclic N) is 1. The summed E-state index contributed by atoms with van der Waals surface area (Å²) in [6, 6.07) is 0. The third kappa shape index (κ3) is 2.97. The van der Waals surface area contributed by atoms with Gasteiger partial charge in [0.2, 0.25) is 0 Å². The quantitative estimate of drug-likeness (QED) is 0.766. The Balaban J connectivity index is 1.51. The molecule has 3 heterocycles. The fourth-order valence-corrected chi connectivity index (χ4v) is 2.36. The van der Waals surface area contributed by atoms with Gasteiger partial charge in [0.15, 0.2) is 5.75 Å². The molecule has 1 N–H and O–H groups in total. The van der Waals surface area contributed by atoms with Crippen LogP contribution in [-0.2, 0) is 13.6 Å². The van der Waals surface area contributed by atoms with E-state index in [-0.39, 0.29) is 6.10 Å². The molecule has 1 aliphatic rings. The highest BCUT2D eigenvalue weighted by atomic mass is 16.5. The van der Waals surface area contributed by atoms with Crippen molar-refractivity contribution in [3.8, 4) is 5.75 Å². The summed E-state index contributed by atoms with van der Waals surface area (Å²) >= 11 is 0. The second kappa shape index (κ2) is 5.59. The van der Waals surface area contributed by atoms with Gasteiger partial charge >= 0.3 is 0 Å². The van der Waals surface area contributed by atoms with Crippen molar-refractivity contribution in [2.45, 2.75) is 18.8 Å². The minimum absolute atomic E-state index is 0.213. The molecule has 2 atom stereocenters. The van der Waals surface area contributed by atoms with Crippen LogP contribution in [0.5, 0.6) is 5.75 Å². The molecule has 2 aromatic rings. The Hall–Kier alpha value is -1.93. The minimum atomic E-state index is -0.481. The lowest BCUT2D eigenvalue weighted by molar-refractivity contribution is 0.0736. The van der Waals surface area contributed by atoms with Crippen LogP contribution >= 0.6 is 0 Å². The molecule has 3 rings (SSSR count). The fraction of sp³-hybridized carbons (Fsp3) is 0.583. The molecule has 0 spiro atoms. The Labute approximate surface area is 116 Å². The number of nitrogens with zero attached hydrogens (tertiary/aromatic N) is 6. The Bertz CT molecular complexity index is 540. The summed E-state index contributed by atoms with van der Waals surface area (Å²) in [4.78, 5) is 6.07. The van der Waals surface area contributed by atoms with Crippen LogP contribution in [0.1, 0.15) is 0 Å². The zero-order valence-electron chi connectivity index (χ0n) is 11.3. The van der Waals surface area contributed by atoms with Gasteiger partial charge in [-0.1, -0.05) is 0 Å². The molecule has 1 fully saturated rings. The number of ether oxygens (including phenoxy) is 1. The molecule has 8 nitrogen and oxygen atoms in total. The van der Waals surface area contributed by atoms with Crippen LogP contribution < -0.4 is 4.74 Å². The number of aliphatic hydroxyl groups is 1. The van der Waals surface area contributed by atoms with E-state index in [4.69, 9.17) is 4.74 Å². The highest BCUT2D eigenvalue weighted by Crippen LogP contribution is 2.18. The van der Waals surface area contributed by atoms with Gasteiger partial charge in [0.25, 0.3) is 0 Å². The monoisotopic (exact) mass is 278 g/mol. The number of aliphatic hydroxyl groups excluding tert-OH is 1. The SMILES string of the molecule is Cn1cc(O[C@@H]2CN(CCn3cncn3)C[C@H]2O)cn1. The maximum Gasteiger partial charge on any atom is 0.157 e. The standard InChI is InChI=1S/C12H18N6O2/c1-16-5-10(4-14-16)20-12-7-17(6-11(12)19)2-3-18-9-13-8-15-18/h4-5,8-9,11-12,19H,2-3,6-7H2,1H3/t11-,12-/m1/s1. The topological polar surface area (TPSA) is 81.2 Å². The van der Waals surface area contributed by atoms with E-state index in [1.54, 1.807) is 28.1 Å². The van der Waals surface area contributed by atoms with E-state index in [0.717, 1.165) is 13.1 Å². The highest BCUT2D eigenvalue weighted by Gasteiger charge is 2.32. The predicted octanol–water partition coefficient (Wildman–Crippen LogP) is -0.864. The van der Waals surface area contributed by atoms with Crippen LogP contribution in [0, 0.1) is 0 Å². The Morgan fingerprint density at radius 2 is 2.25 bits per heavy atom. The van der Waals surface area contributed by atoms with E-state index in [2.05, 4.69) is 20.1 Å². The molecule has 1 aliphatic heterocycles. The van der Waals surface area contributed by atoms with Crippen molar-refractivity contribution in [3.63, 3.8) is 0 Å². The van der Waals surface area contributed by atoms with Crippen molar-refractivity contribution in [1.82, 2.24) is 29.4 Å². The van der Waals surface area contributed by atoms with Crippen LogP contribution in [0.3, 0.4) is 0 Å². The molecule has 0 bridgehead atoms. The number of rotatable bonds is 5. The van der Waals surface area contributed by atoms with E-state index in [1.807, 2.05) is 7.05 Å². The lowest BCUT2D eigenvalue weighted by Crippen LogP contribution is -2.30. The average Bonchev–Trinajstić information content (AvgIpc) is 3.11. The van der Waals surface area contributed by atoms with Gasteiger partial charge in [-0.25, -0.2) is 4.98 Å². The maximum atomic E-state index is 10.1. The zero-order valence-corrected chi connectivity index (χ0v) is 11.3. The summed E-state index contributed by atoms with van der Waals surface area (Å²) in [7, 11) is 1.84. The fourth-order valence-electron chi connectivity index (χ4n) is 2.36. The van der Waals surface area contributed by atoms with Crippen molar-refractivity contribution in [3.05, 3.63) is 25.0 Å². The molecule has 108 valence electrons. The second-order valence-electron chi connectivity index (χ2n) is 4.99. The van der Waals surface area contributed by atoms with Crippen LogP contribution in [0.2, 0.25) is 0 Å². The van der Waals surface area contributed by atoms with Gasteiger partial charge in [-0.3, -0.25) is 14.3 Å². The van der Waals surface area contributed by atoms with Gasteiger partial charge in [-0.2, -0.15) is 10.2 Å². The molecule has 0 aliphatic carbocycles. The van der Waals surface area contributed by atoms with E-state index < -0.39 is 6.10 Å². The number of hydrogen-bond acceptors (Lipinski definition) is 6. The van der Waals surface area contributed by atoms with Crippen LogP contribution in [0.15, 0.2) is 25.0 Å². The van der Waals surface area contributed by atoms with Crippen LogP contribution in [-0.4, -0.2) is 66.4 Å². The summed E-state index contributed by atoms with van der Waals surface area (Å²) in [6.45, 7) is 2.88. The predicted molar refractivity (Wildman–Crippen MR) is 70.1 cm³/mol. The van der Waals surface area contributed by atoms with Gasteiger partial charge in [0, 0.05) is 26.7 Å². The number of aromatic nitrogens is 5. The highest BCUT2D eigenvalue weighted by molar-refractivity contribution is 5.12. The van der Waals surface area contributed by atoms with Crippen LogP contribution in [0.4, 0.5) is 0 Å². The third-order valence-corrected chi connectivity index (χ3v) is 3.39. The average molecular weight is 278 g/mol. The molecule has 1 saturated heterocycles. The van der Waals surface area contributed by atoms with Crippen molar-refractivity contribution in [2.24, 2.45) is 7.05 Å². The zero-order chi connectivity index (χ0) is 13.9. The number of aryl methyl sites for hydroxylation is 1. The summed E-state index contributed by atoms with van der Waals surface area (Å²) < 4.78 is 9.23. The van der Waals surface area contributed by atoms with E-state index >= 15 is 0 Å². The molecular weight excluding hydrogens is 260 g/mol. The van der Waals surface area contributed by atoms with E-state index in [9.17, 15) is 5.11 Å². The summed E-state index contributed by atoms with van der Waals surface area (Å²) in [5, 5.41) is 18.2. The van der Waals surface area contributed by atoms with Gasteiger partial charge < -0.3 is 9.84 Å². The Morgan fingerprint density at radius 1 is 1.35 bits per heavy atom. The lowest BCUT2D eigenvalue weighted by Gasteiger charge is -2.15. The second-order valence-corrected chi connectivity index (χ2v) is 4.99. The van der Waals surface area contributed by atoms with Gasteiger partial charge in [0.1, 0.15) is 24.9 Å². The molecule has 2 aromatic heterocycles. The molecule has 0 unspecified atom stereocenters. The summed E-state index contributed by atoms with van der Waals surface area (Å²) in [5.74, 6) is 0.690. The van der Waals surface area contributed by atoms with Crippen LogP contribution in [0.25, 0.3) is 0 Å². The molecule has 8 heteroatoms. The van der Waals surface area contributed by atoms with Crippen molar-refractivity contribution in [2.75, 3.05) is 19.6 Å². The molecule has 0 saturated carbocycles. The lowest BCUT2D eigenvalue weighted by atomic mass is 10.3. The summed E-state index contributed by atoms with van der Waals surface area (Å²) in [6.07, 6.45) is 5.97. The summed E-state index contributed by atoms with van der Waals surface area (Å²) in [5.41, 5.74) is 0. The van der Waals surface area contributed by atoms with Gasteiger partial charge in [-0.05, 0) is 0 Å². The minimum Gasteiger partial charge on any atom is -0.483 e. The van der Waals surface area contributed by atoms with Gasteiger partial charge in [0.05, 0.1) is 18.9 Å². The first-order valence-electron chi connectivity index (χ1n) is 6.59. The molecule has 0 aromatic carbocycles.